The molecule has 0 saturated heterocycles. The summed E-state index contributed by atoms with van der Waals surface area (Å²) in [5.41, 5.74) is 5.41. The van der Waals surface area contributed by atoms with Crippen LogP contribution in [0.4, 0.5) is 4.39 Å². The summed E-state index contributed by atoms with van der Waals surface area (Å²) in [7, 11) is 0. The number of halogens is 1. The summed E-state index contributed by atoms with van der Waals surface area (Å²) in [5, 5.41) is 15.9. The van der Waals surface area contributed by atoms with Gasteiger partial charge in [0, 0.05) is 10.4 Å². The average Bonchev–Trinajstić information content (AvgIpc) is 2.88. The molecule has 0 fully saturated rings. The molecule has 1 aromatic heterocycles. The normalized spacial score (nSPS) is 10.2. The molecular weight excluding hydrogens is 311 g/mol. The number of rotatable bonds is 5. The Morgan fingerprint density at radius 2 is 2.05 bits per heavy atom. The lowest BCUT2D eigenvalue weighted by molar-refractivity contribution is -0.136. The van der Waals surface area contributed by atoms with Gasteiger partial charge in [0.05, 0.1) is 6.42 Å². The third-order valence-electron chi connectivity index (χ3n) is 2.63. The predicted molar refractivity (Wildman–Crippen MR) is 78.0 cm³/mol. The fourth-order valence-corrected chi connectivity index (χ4v) is 2.51. The van der Waals surface area contributed by atoms with Crippen molar-refractivity contribution in [3.8, 4) is 5.75 Å². The molecule has 22 heavy (non-hydrogen) atoms. The van der Waals surface area contributed by atoms with Crippen molar-refractivity contribution in [3.05, 3.63) is 51.5 Å². The average molecular weight is 322 g/mol. The number of amidine groups is 1. The standard InChI is InChI=1S/C14H11FN2O4S/c15-9-5-7(13(16)17)1-3-10(9)21-14(20)11-4-2-8(22-11)6-12(18)19/h1-5H,6H2,(H3,16,17)(H,18,19). The van der Waals surface area contributed by atoms with Crippen molar-refractivity contribution in [2.75, 3.05) is 0 Å². The van der Waals surface area contributed by atoms with E-state index in [1.165, 1.54) is 24.3 Å². The number of nitrogen functional groups attached to an aromatic ring is 1. The van der Waals surface area contributed by atoms with Crippen LogP contribution in [-0.2, 0) is 11.2 Å². The second-order valence-electron chi connectivity index (χ2n) is 4.28. The fourth-order valence-electron chi connectivity index (χ4n) is 1.63. The molecule has 6 nitrogen and oxygen atoms in total. The number of hydrogen-bond donors (Lipinski definition) is 3. The molecule has 2 rings (SSSR count). The van der Waals surface area contributed by atoms with E-state index in [4.69, 9.17) is 21.0 Å². The lowest BCUT2D eigenvalue weighted by Crippen LogP contribution is -2.12. The van der Waals surface area contributed by atoms with Gasteiger partial charge < -0.3 is 15.6 Å². The molecule has 8 heteroatoms. The fraction of sp³-hybridized carbons (Fsp3) is 0.0714. The number of carboxylic acid groups (broad SMARTS) is 1. The lowest BCUT2D eigenvalue weighted by Gasteiger charge is -2.05. The zero-order valence-electron chi connectivity index (χ0n) is 11.1. The first-order valence-electron chi connectivity index (χ1n) is 6.03. The smallest absolute Gasteiger partial charge is 0.353 e. The molecule has 0 radical (unpaired) electrons. The van der Waals surface area contributed by atoms with Gasteiger partial charge in [-0.1, -0.05) is 0 Å². The zero-order chi connectivity index (χ0) is 16.3. The summed E-state index contributed by atoms with van der Waals surface area (Å²) >= 11 is 0.971. The van der Waals surface area contributed by atoms with Gasteiger partial charge in [0.25, 0.3) is 0 Å². The van der Waals surface area contributed by atoms with Crippen molar-refractivity contribution in [2.24, 2.45) is 5.73 Å². The Hall–Kier alpha value is -2.74. The van der Waals surface area contributed by atoms with E-state index >= 15 is 0 Å². The molecule has 0 aliphatic carbocycles. The van der Waals surface area contributed by atoms with Crippen LogP contribution in [0.2, 0.25) is 0 Å². The molecule has 0 unspecified atom stereocenters. The molecule has 114 valence electrons. The van der Waals surface area contributed by atoms with Crippen molar-refractivity contribution in [1.29, 1.82) is 5.41 Å². The monoisotopic (exact) mass is 322 g/mol. The molecule has 0 spiro atoms. The molecule has 1 heterocycles. The highest BCUT2D eigenvalue weighted by molar-refractivity contribution is 7.14. The summed E-state index contributed by atoms with van der Waals surface area (Å²) in [6, 6.07) is 6.49. The highest BCUT2D eigenvalue weighted by atomic mass is 32.1. The van der Waals surface area contributed by atoms with E-state index in [9.17, 15) is 14.0 Å². The summed E-state index contributed by atoms with van der Waals surface area (Å²) in [5.74, 6) is -3.19. The van der Waals surface area contributed by atoms with Crippen LogP contribution in [0.3, 0.4) is 0 Å². The molecule has 4 N–H and O–H groups in total. The van der Waals surface area contributed by atoms with Gasteiger partial charge in [0.1, 0.15) is 10.7 Å². The zero-order valence-corrected chi connectivity index (χ0v) is 11.9. The Balaban J connectivity index is 2.13. The number of carbonyl (C=O) groups is 2. The van der Waals surface area contributed by atoms with Gasteiger partial charge in [-0.3, -0.25) is 10.2 Å². The Kier molecular flexibility index (Phi) is 4.52. The van der Waals surface area contributed by atoms with Crippen LogP contribution in [0.25, 0.3) is 0 Å². The van der Waals surface area contributed by atoms with E-state index in [0.717, 1.165) is 17.4 Å². The first kappa shape index (κ1) is 15.6. The number of ether oxygens (including phenoxy) is 1. The van der Waals surface area contributed by atoms with Crippen LogP contribution < -0.4 is 10.5 Å². The van der Waals surface area contributed by atoms with E-state index in [-0.39, 0.29) is 28.4 Å². The molecule has 0 saturated carbocycles. The van der Waals surface area contributed by atoms with Gasteiger partial charge in [-0.25, -0.2) is 9.18 Å². The third kappa shape index (κ3) is 3.67. The highest BCUT2D eigenvalue weighted by Crippen LogP contribution is 2.22. The van der Waals surface area contributed by atoms with Crippen LogP contribution >= 0.6 is 11.3 Å². The minimum absolute atomic E-state index is 0.172. The van der Waals surface area contributed by atoms with Gasteiger partial charge in [-0.05, 0) is 30.3 Å². The van der Waals surface area contributed by atoms with Crippen LogP contribution in [-0.4, -0.2) is 22.9 Å². The Bertz CT molecular complexity index is 757. The number of benzene rings is 1. The van der Waals surface area contributed by atoms with Crippen LogP contribution in [0.1, 0.15) is 20.1 Å². The van der Waals surface area contributed by atoms with E-state index < -0.39 is 17.8 Å². The van der Waals surface area contributed by atoms with E-state index in [2.05, 4.69) is 0 Å². The molecule has 0 aliphatic rings. The van der Waals surface area contributed by atoms with E-state index in [1.54, 1.807) is 0 Å². The van der Waals surface area contributed by atoms with Crippen LogP contribution in [0.5, 0.6) is 5.75 Å². The summed E-state index contributed by atoms with van der Waals surface area (Å²) in [4.78, 5) is 23.1. The van der Waals surface area contributed by atoms with Crippen molar-refractivity contribution in [1.82, 2.24) is 0 Å². The molecule has 0 amide bonds. The number of thiophene rings is 1. The maximum Gasteiger partial charge on any atom is 0.353 e. The molecule has 2 aromatic rings. The highest BCUT2D eigenvalue weighted by Gasteiger charge is 2.16. The number of hydrogen-bond acceptors (Lipinski definition) is 5. The quantitative estimate of drug-likeness (QED) is 0.337. The minimum atomic E-state index is -1.01. The van der Waals surface area contributed by atoms with Crippen molar-refractivity contribution >= 4 is 29.1 Å². The van der Waals surface area contributed by atoms with E-state index in [1.807, 2.05) is 0 Å². The van der Waals surface area contributed by atoms with Crippen molar-refractivity contribution in [2.45, 2.75) is 6.42 Å². The van der Waals surface area contributed by atoms with Crippen molar-refractivity contribution in [3.63, 3.8) is 0 Å². The molecular formula is C14H11FN2O4S. The Morgan fingerprint density at radius 1 is 1.32 bits per heavy atom. The predicted octanol–water partition coefficient (Wildman–Crippen LogP) is 2.02. The molecule has 1 aromatic carbocycles. The first-order valence-corrected chi connectivity index (χ1v) is 6.85. The topological polar surface area (TPSA) is 113 Å². The number of esters is 1. The largest absolute Gasteiger partial charge is 0.481 e. The number of nitrogens with one attached hydrogen (secondary N) is 1. The van der Waals surface area contributed by atoms with Gasteiger partial charge in [0.2, 0.25) is 0 Å². The number of carboxylic acids is 1. The van der Waals surface area contributed by atoms with Gasteiger partial charge in [-0.15, -0.1) is 11.3 Å². The van der Waals surface area contributed by atoms with Gasteiger partial charge in [0.15, 0.2) is 11.6 Å². The number of aliphatic carboxylic acids is 1. The Labute approximate surface area is 128 Å². The first-order chi connectivity index (χ1) is 10.4. The number of nitrogens with two attached hydrogens (primary N) is 1. The molecule has 0 bridgehead atoms. The van der Waals surface area contributed by atoms with Crippen LogP contribution in [0.15, 0.2) is 30.3 Å². The second kappa shape index (κ2) is 6.35. The van der Waals surface area contributed by atoms with Gasteiger partial charge in [-0.2, -0.15) is 0 Å². The van der Waals surface area contributed by atoms with E-state index in [0.29, 0.717) is 4.88 Å². The molecule has 0 atom stereocenters. The minimum Gasteiger partial charge on any atom is -0.481 e. The maximum absolute atomic E-state index is 13.8. The lowest BCUT2D eigenvalue weighted by atomic mass is 10.2. The third-order valence-corrected chi connectivity index (χ3v) is 3.70. The second-order valence-corrected chi connectivity index (χ2v) is 5.45. The van der Waals surface area contributed by atoms with Gasteiger partial charge >= 0.3 is 11.9 Å². The SMILES string of the molecule is N=C(N)c1ccc(OC(=O)c2ccc(CC(=O)O)s2)c(F)c1. The number of carbonyl (C=O) groups excluding carboxylic acids is 1. The summed E-state index contributed by atoms with van der Waals surface area (Å²) in [6.07, 6.45) is -0.195. The maximum atomic E-state index is 13.8. The molecule has 0 aliphatic heterocycles. The summed E-state index contributed by atoms with van der Waals surface area (Å²) < 4.78 is 18.7. The summed E-state index contributed by atoms with van der Waals surface area (Å²) in [6.45, 7) is 0. The Morgan fingerprint density at radius 3 is 2.64 bits per heavy atom. The van der Waals surface area contributed by atoms with Crippen molar-refractivity contribution < 1.29 is 23.8 Å². The van der Waals surface area contributed by atoms with Crippen LogP contribution in [0, 0.1) is 11.2 Å².